The van der Waals surface area contributed by atoms with Gasteiger partial charge in [0.15, 0.2) is 15.6 Å². The minimum absolute atomic E-state index is 0.0121. The summed E-state index contributed by atoms with van der Waals surface area (Å²) in [6.45, 7) is 4.22. The molecule has 2 aromatic heterocycles. The van der Waals surface area contributed by atoms with Gasteiger partial charge < -0.3 is 9.72 Å². The Bertz CT molecular complexity index is 1170. The van der Waals surface area contributed by atoms with Crippen molar-refractivity contribution >= 4 is 26.5 Å². The molecular formula is C21H26N4O4S. The van der Waals surface area contributed by atoms with E-state index < -0.39 is 9.84 Å². The zero-order chi connectivity index (χ0) is 21.3. The number of rotatable bonds is 7. The number of H-pyrrole nitrogens is 1. The maximum atomic E-state index is 12.6. The second-order valence-electron chi connectivity index (χ2n) is 7.69. The summed E-state index contributed by atoms with van der Waals surface area (Å²) >= 11 is 0. The molecule has 0 spiro atoms. The second kappa shape index (κ2) is 8.33. The van der Waals surface area contributed by atoms with E-state index in [0.717, 1.165) is 56.2 Å². The summed E-state index contributed by atoms with van der Waals surface area (Å²) in [5.74, 6) is 0.0121. The van der Waals surface area contributed by atoms with E-state index >= 15 is 0 Å². The molecule has 1 saturated heterocycles. The van der Waals surface area contributed by atoms with Gasteiger partial charge in [0.05, 0.1) is 29.5 Å². The number of sulfone groups is 1. The third kappa shape index (κ3) is 4.33. The molecule has 1 aliphatic heterocycles. The molecular weight excluding hydrogens is 404 g/mol. The number of benzene rings is 1. The van der Waals surface area contributed by atoms with Gasteiger partial charge in [0.2, 0.25) is 0 Å². The fourth-order valence-corrected chi connectivity index (χ4v) is 4.75. The quantitative estimate of drug-likeness (QED) is 0.578. The number of hydrogen-bond donors (Lipinski definition) is 1. The number of Topliss-reactive ketones (excluding diaryl/α,β-unsaturated/α-hetero) is 1. The van der Waals surface area contributed by atoms with Gasteiger partial charge >= 0.3 is 0 Å². The van der Waals surface area contributed by atoms with E-state index in [-0.39, 0.29) is 10.7 Å². The number of aromatic amines is 1. The zero-order valence-corrected chi connectivity index (χ0v) is 18.0. The monoisotopic (exact) mass is 430 g/mol. The average molecular weight is 431 g/mol. The van der Waals surface area contributed by atoms with E-state index in [2.05, 4.69) is 15.0 Å². The van der Waals surface area contributed by atoms with Crippen LogP contribution in [-0.2, 0) is 21.6 Å². The molecule has 0 unspecified atom stereocenters. The molecule has 3 heterocycles. The van der Waals surface area contributed by atoms with Crippen LogP contribution in [0.25, 0.3) is 22.3 Å². The van der Waals surface area contributed by atoms with Gasteiger partial charge in [0, 0.05) is 43.7 Å². The molecule has 1 N–H and O–H groups in total. The zero-order valence-electron chi connectivity index (χ0n) is 17.2. The molecule has 0 aliphatic carbocycles. The van der Waals surface area contributed by atoms with Crippen molar-refractivity contribution < 1.29 is 17.9 Å². The van der Waals surface area contributed by atoms with E-state index in [4.69, 9.17) is 4.74 Å². The van der Waals surface area contributed by atoms with Crippen LogP contribution in [0.4, 0.5) is 0 Å². The van der Waals surface area contributed by atoms with Gasteiger partial charge in [-0.2, -0.15) is 5.10 Å². The highest BCUT2D eigenvalue weighted by molar-refractivity contribution is 7.91. The van der Waals surface area contributed by atoms with Crippen LogP contribution in [0.15, 0.2) is 35.2 Å². The number of aryl methyl sites for hydroxylation is 1. The molecule has 1 aliphatic rings. The number of ketones is 1. The maximum Gasteiger partial charge on any atom is 0.183 e. The summed E-state index contributed by atoms with van der Waals surface area (Å²) in [5, 5.41) is 5.02. The van der Waals surface area contributed by atoms with Crippen molar-refractivity contribution in [2.24, 2.45) is 7.05 Å². The van der Waals surface area contributed by atoms with Gasteiger partial charge in [-0.3, -0.25) is 14.4 Å². The number of ether oxygens (including phenoxy) is 1. The first-order valence-corrected chi connectivity index (χ1v) is 11.9. The third-order valence-electron chi connectivity index (χ3n) is 5.45. The van der Waals surface area contributed by atoms with Crippen LogP contribution in [0, 0.1) is 0 Å². The predicted molar refractivity (Wildman–Crippen MR) is 114 cm³/mol. The molecule has 0 amide bonds. The molecule has 0 radical (unpaired) electrons. The molecule has 9 heteroatoms. The number of nitrogens with one attached hydrogen (secondary N) is 1. The largest absolute Gasteiger partial charge is 0.379 e. The highest BCUT2D eigenvalue weighted by atomic mass is 32.2. The summed E-state index contributed by atoms with van der Waals surface area (Å²) in [7, 11) is -1.56. The number of morpholine rings is 1. The number of aromatic nitrogens is 3. The molecule has 0 atom stereocenters. The van der Waals surface area contributed by atoms with Gasteiger partial charge in [0.1, 0.15) is 5.69 Å². The van der Waals surface area contributed by atoms with E-state index in [9.17, 15) is 13.2 Å². The van der Waals surface area contributed by atoms with Crippen molar-refractivity contribution in [2.75, 3.05) is 39.1 Å². The summed E-state index contributed by atoms with van der Waals surface area (Å²) in [4.78, 5) is 18.5. The van der Waals surface area contributed by atoms with Gasteiger partial charge in [-0.1, -0.05) is 6.07 Å². The molecule has 160 valence electrons. The average Bonchev–Trinajstić information content (AvgIpc) is 3.31. The third-order valence-corrected chi connectivity index (χ3v) is 6.60. The molecule has 0 bridgehead atoms. The number of carbonyl (C=O) groups excluding carboxylic acids is 1. The molecule has 1 fully saturated rings. The number of nitrogens with zero attached hydrogens (tertiary/aromatic N) is 3. The highest BCUT2D eigenvalue weighted by Crippen LogP contribution is 2.29. The standard InChI is InChI=1S/C21H26N4O4S/c1-24-19(17-13-15-16(22-17)5-3-7-21(15)30(2,27)28)14-18(23-24)20(26)6-4-8-25-9-11-29-12-10-25/h3,5,7,13-14,22H,4,6,8-12H2,1-2H3. The van der Waals surface area contributed by atoms with Gasteiger partial charge in [-0.15, -0.1) is 0 Å². The summed E-state index contributed by atoms with van der Waals surface area (Å²) in [6, 6.07) is 8.71. The normalized spacial score (nSPS) is 15.7. The SMILES string of the molecule is Cn1nc(C(=O)CCCN2CCOCC2)cc1-c1cc2c(S(C)(=O)=O)cccc2[nH]1. The van der Waals surface area contributed by atoms with Crippen LogP contribution in [0.1, 0.15) is 23.3 Å². The molecule has 4 rings (SSSR count). The van der Waals surface area contributed by atoms with Crippen molar-refractivity contribution in [3.63, 3.8) is 0 Å². The Hall–Kier alpha value is -2.49. The first kappa shape index (κ1) is 20.8. The van der Waals surface area contributed by atoms with Crippen LogP contribution < -0.4 is 0 Å². The van der Waals surface area contributed by atoms with Crippen molar-refractivity contribution in [1.82, 2.24) is 19.7 Å². The fraction of sp³-hybridized carbons (Fsp3) is 0.429. The van der Waals surface area contributed by atoms with Crippen molar-refractivity contribution in [2.45, 2.75) is 17.7 Å². The molecule has 0 saturated carbocycles. The van der Waals surface area contributed by atoms with Crippen LogP contribution in [0.3, 0.4) is 0 Å². The van der Waals surface area contributed by atoms with Crippen molar-refractivity contribution in [3.05, 3.63) is 36.0 Å². The first-order valence-electron chi connectivity index (χ1n) is 10.0. The smallest absolute Gasteiger partial charge is 0.183 e. The van der Waals surface area contributed by atoms with E-state index in [1.165, 1.54) is 6.26 Å². The van der Waals surface area contributed by atoms with Gasteiger partial charge in [0.25, 0.3) is 0 Å². The first-order chi connectivity index (χ1) is 14.3. The van der Waals surface area contributed by atoms with E-state index in [0.29, 0.717) is 17.5 Å². The maximum absolute atomic E-state index is 12.6. The summed E-state index contributed by atoms with van der Waals surface area (Å²) in [6.07, 6.45) is 2.43. The minimum atomic E-state index is -3.34. The lowest BCUT2D eigenvalue weighted by molar-refractivity contribution is 0.0371. The lowest BCUT2D eigenvalue weighted by Gasteiger charge is -2.26. The Labute approximate surface area is 175 Å². The Balaban J connectivity index is 1.51. The van der Waals surface area contributed by atoms with Crippen LogP contribution in [0.5, 0.6) is 0 Å². The Morgan fingerprint density at radius 3 is 2.73 bits per heavy atom. The lowest BCUT2D eigenvalue weighted by Crippen LogP contribution is -2.36. The van der Waals surface area contributed by atoms with Crippen molar-refractivity contribution in [3.8, 4) is 11.4 Å². The number of fused-ring (bicyclic) bond motifs is 1. The Kier molecular flexibility index (Phi) is 5.77. The lowest BCUT2D eigenvalue weighted by atomic mass is 10.1. The summed E-state index contributed by atoms with van der Waals surface area (Å²) in [5.41, 5.74) is 2.62. The topological polar surface area (TPSA) is 97.3 Å². The molecule has 30 heavy (non-hydrogen) atoms. The number of hydrogen-bond acceptors (Lipinski definition) is 6. The highest BCUT2D eigenvalue weighted by Gasteiger charge is 2.18. The Morgan fingerprint density at radius 2 is 2.00 bits per heavy atom. The van der Waals surface area contributed by atoms with Crippen LogP contribution in [0.2, 0.25) is 0 Å². The van der Waals surface area contributed by atoms with Crippen LogP contribution in [-0.4, -0.2) is 73.0 Å². The van der Waals surface area contributed by atoms with Gasteiger partial charge in [-0.25, -0.2) is 8.42 Å². The Morgan fingerprint density at radius 1 is 1.23 bits per heavy atom. The van der Waals surface area contributed by atoms with Crippen LogP contribution >= 0.6 is 0 Å². The van der Waals surface area contributed by atoms with Gasteiger partial charge in [-0.05, 0) is 37.2 Å². The van der Waals surface area contributed by atoms with Crippen molar-refractivity contribution in [1.29, 1.82) is 0 Å². The van der Waals surface area contributed by atoms with E-state index in [1.807, 2.05) is 6.07 Å². The minimum Gasteiger partial charge on any atom is -0.379 e. The predicted octanol–water partition coefficient (Wildman–Crippen LogP) is 2.27. The molecule has 3 aromatic rings. The fourth-order valence-electron chi connectivity index (χ4n) is 3.86. The second-order valence-corrected chi connectivity index (χ2v) is 9.68. The molecule has 1 aromatic carbocycles. The molecule has 8 nitrogen and oxygen atoms in total. The summed E-state index contributed by atoms with van der Waals surface area (Å²) < 4.78 is 31.2. The number of carbonyl (C=O) groups is 1. The van der Waals surface area contributed by atoms with E-state index in [1.54, 1.807) is 36.0 Å².